The zero-order valence-corrected chi connectivity index (χ0v) is 12.0. The van der Waals surface area contributed by atoms with Gasteiger partial charge in [0.05, 0.1) is 5.60 Å². The molecule has 21 heavy (non-hydrogen) atoms. The molecule has 0 saturated carbocycles. The van der Waals surface area contributed by atoms with Crippen molar-refractivity contribution >= 4 is 12.1 Å². The molecule has 1 fully saturated rings. The first-order valence-electron chi connectivity index (χ1n) is 7.09. The molecule has 0 atom stereocenters. The van der Waals surface area contributed by atoms with Gasteiger partial charge in [0, 0.05) is 39.6 Å². The van der Waals surface area contributed by atoms with E-state index in [1.54, 1.807) is 7.11 Å². The summed E-state index contributed by atoms with van der Waals surface area (Å²) < 4.78 is 5.69. The fraction of sp³-hybridized carbons (Fsp3) is 0.467. The van der Waals surface area contributed by atoms with Gasteiger partial charge in [-0.2, -0.15) is 0 Å². The molecular formula is C15H19N3O3. The lowest BCUT2D eigenvalue weighted by Gasteiger charge is -2.28. The molecule has 1 aromatic carbocycles. The van der Waals surface area contributed by atoms with Crippen LogP contribution in [0.1, 0.15) is 11.1 Å². The molecular weight excluding hydrogens is 270 g/mol. The van der Waals surface area contributed by atoms with Crippen LogP contribution in [0.4, 0.5) is 9.59 Å². The Morgan fingerprint density at radius 1 is 1.38 bits per heavy atom. The monoisotopic (exact) mass is 289 g/mol. The molecule has 3 rings (SSSR count). The highest BCUT2D eigenvalue weighted by Gasteiger charge is 2.38. The predicted octanol–water partition coefficient (Wildman–Crippen LogP) is 0.905. The third kappa shape index (κ3) is 2.58. The van der Waals surface area contributed by atoms with Crippen molar-refractivity contribution in [2.45, 2.75) is 18.4 Å². The maximum atomic E-state index is 12.0. The predicted molar refractivity (Wildman–Crippen MR) is 77.1 cm³/mol. The van der Waals surface area contributed by atoms with Gasteiger partial charge in [0.15, 0.2) is 0 Å². The summed E-state index contributed by atoms with van der Waals surface area (Å²) in [5.74, 6) is 0. The number of imide groups is 1. The van der Waals surface area contributed by atoms with Gasteiger partial charge in [-0.25, -0.2) is 14.5 Å². The van der Waals surface area contributed by atoms with Crippen LogP contribution in [-0.4, -0.2) is 49.3 Å². The summed E-state index contributed by atoms with van der Waals surface area (Å²) in [5.41, 5.74) is 2.09. The number of nitrogens with one attached hydrogen (secondary N) is 2. The zero-order chi connectivity index (χ0) is 14.9. The largest absolute Gasteiger partial charge is 0.376 e. The number of benzene rings is 1. The Morgan fingerprint density at radius 3 is 2.57 bits per heavy atom. The fourth-order valence-corrected chi connectivity index (χ4v) is 3.00. The van der Waals surface area contributed by atoms with E-state index in [0.29, 0.717) is 19.6 Å². The van der Waals surface area contributed by atoms with E-state index in [1.807, 2.05) is 12.1 Å². The van der Waals surface area contributed by atoms with E-state index in [9.17, 15) is 9.59 Å². The zero-order valence-electron chi connectivity index (χ0n) is 12.0. The smallest absolute Gasteiger partial charge is 0.325 e. The number of hydrogen-bond donors (Lipinski definition) is 2. The molecule has 0 radical (unpaired) electrons. The van der Waals surface area contributed by atoms with Gasteiger partial charge in [0.2, 0.25) is 0 Å². The second-order valence-corrected chi connectivity index (χ2v) is 5.55. The molecule has 6 nitrogen and oxygen atoms in total. The summed E-state index contributed by atoms with van der Waals surface area (Å²) in [7, 11) is 1.67. The number of amides is 4. The number of carbonyl (C=O) groups is 2. The molecule has 0 spiro atoms. The second kappa shape index (κ2) is 5.37. The Morgan fingerprint density at radius 2 is 2.05 bits per heavy atom. The maximum Gasteiger partial charge on any atom is 0.325 e. The second-order valence-electron chi connectivity index (χ2n) is 5.55. The number of nitrogens with zero attached hydrogens (tertiary/aromatic N) is 1. The van der Waals surface area contributed by atoms with Crippen LogP contribution in [0.15, 0.2) is 24.3 Å². The first-order chi connectivity index (χ1) is 10.1. The van der Waals surface area contributed by atoms with Gasteiger partial charge >= 0.3 is 12.1 Å². The average molecular weight is 289 g/mol. The highest BCUT2D eigenvalue weighted by molar-refractivity contribution is 5.94. The van der Waals surface area contributed by atoms with Crippen LogP contribution in [0.25, 0.3) is 0 Å². The van der Waals surface area contributed by atoms with E-state index in [4.69, 9.17) is 4.74 Å². The number of urea groups is 2. The summed E-state index contributed by atoms with van der Waals surface area (Å²) >= 11 is 0. The molecule has 1 aliphatic heterocycles. The van der Waals surface area contributed by atoms with E-state index >= 15 is 0 Å². The van der Waals surface area contributed by atoms with Crippen LogP contribution < -0.4 is 10.6 Å². The summed E-state index contributed by atoms with van der Waals surface area (Å²) in [6.45, 7) is 1.30. The summed E-state index contributed by atoms with van der Waals surface area (Å²) in [4.78, 5) is 24.7. The number of hydrogen-bond acceptors (Lipinski definition) is 3. The van der Waals surface area contributed by atoms with Crippen LogP contribution in [0.2, 0.25) is 0 Å². The van der Waals surface area contributed by atoms with Crippen molar-refractivity contribution < 1.29 is 14.3 Å². The number of carbonyl (C=O) groups excluding carboxylic acids is 2. The minimum atomic E-state index is -0.421. The van der Waals surface area contributed by atoms with Gasteiger partial charge in [0.1, 0.15) is 0 Å². The van der Waals surface area contributed by atoms with Crippen LogP contribution in [0.3, 0.4) is 0 Å². The van der Waals surface area contributed by atoms with E-state index in [-0.39, 0.29) is 12.1 Å². The normalized spacial score (nSPS) is 19.3. The summed E-state index contributed by atoms with van der Waals surface area (Å²) in [5, 5.41) is 5.44. The lowest BCUT2D eigenvalue weighted by atomic mass is 10.0. The van der Waals surface area contributed by atoms with Gasteiger partial charge in [-0.15, -0.1) is 0 Å². The molecule has 112 valence electrons. The van der Waals surface area contributed by atoms with Crippen LogP contribution >= 0.6 is 0 Å². The molecule has 6 heteroatoms. The van der Waals surface area contributed by atoms with Crippen LogP contribution in [0.5, 0.6) is 0 Å². The van der Waals surface area contributed by atoms with Crippen molar-refractivity contribution in [3.63, 3.8) is 0 Å². The molecule has 1 saturated heterocycles. The van der Waals surface area contributed by atoms with Crippen molar-refractivity contribution in [1.82, 2.24) is 15.5 Å². The van der Waals surface area contributed by atoms with Crippen molar-refractivity contribution in [3.8, 4) is 0 Å². The van der Waals surface area contributed by atoms with Crippen molar-refractivity contribution in [3.05, 3.63) is 35.4 Å². The molecule has 2 aliphatic rings. The van der Waals surface area contributed by atoms with E-state index in [2.05, 4.69) is 22.8 Å². The van der Waals surface area contributed by atoms with E-state index in [0.717, 1.165) is 12.8 Å². The lowest BCUT2D eigenvalue weighted by Crippen LogP contribution is -2.50. The molecule has 0 bridgehead atoms. The van der Waals surface area contributed by atoms with Crippen molar-refractivity contribution in [1.29, 1.82) is 0 Å². The number of rotatable bonds is 3. The van der Waals surface area contributed by atoms with Gasteiger partial charge in [-0.1, -0.05) is 24.3 Å². The summed E-state index contributed by atoms with van der Waals surface area (Å²) in [6.07, 6.45) is 1.54. The van der Waals surface area contributed by atoms with Gasteiger partial charge in [0.25, 0.3) is 0 Å². The third-order valence-electron chi connectivity index (χ3n) is 4.24. The van der Waals surface area contributed by atoms with E-state index in [1.165, 1.54) is 16.0 Å². The fourth-order valence-electron chi connectivity index (χ4n) is 3.00. The highest BCUT2D eigenvalue weighted by atomic mass is 16.5. The third-order valence-corrected chi connectivity index (χ3v) is 4.24. The molecule has 0 unspecified atom stereocenters. The molecule has 1 aliphatic carbocycles. The van der Waals surface area contributed by atoms with Crippen LogP contribution in [-0.2, 0) is 17.6 Å². The lowest BCUT2D eigenvalue weighted by molar-refractivity contribution is 0.00124. The summed E-state index contributed by atoms with van der Waals surface area (Å²) in [6, 6.07) is 7.50. The van der Waals surface area contributed by atoms with Crippen molar-refractivity contribution in [2.24, 2.45) is 0 Å². The molecule has 1 aromatic rings. The Bertz CT molecular complexity index is 548. The standard InChI is InChI=1S/C15H19N3O3/c1-21-15(8-11-4-2-3-5-12(11)9-15)10-17-14(20)18-7-6-16-13(18)19/h2-5H,6-10H2,1H3,(H,16,19)(H,17,20). The average Bonchev–Trinajstić information content (AvgIpc) is 3.08. The van der Waals surface area contributed by atoms with Gasteiger partial charge < -0.3 is 15.4 Å². The Kier molecular flexibility index (Phi) is 3.55. The molecule has 0 aromatic heterocycles. The number of ether oxygens (including phenoxy) is 1. The van der Waals surface area contributed by atoms with Gasteiger partial charge in [-0.3, -0.25) is 0 Å². The Labute approximate surface area is 123 Å². The quantitative estimate of drug-likeness (QED) is 0.868. The number of fused-ring (bicyclic) bond motifs is 1. The van der Waals surface area contributed by atoms with Crippen molar-refractivity contribution in [2.75, 3.05) is 26.7 Å². The SMILES string of the molecule is COC1(CNC(=O)N2CCNC2=O)Cc2ccccc2C1. The molecule has 1 heterocycles. The molecule has 4 amide bonds. The number of methoxy groups -OCH3 is 1. The Balaban J connectivity index is 1.64. The highest BCUT2D eigenvalue weighted by Crippen LogP contribution is 2.32. The topological polar surface area (TPSA) is 70.7 Å². The van der Waals surface area contributed by atoms with Gasteiger partial charge in [-0.05, 0) is 11.1 Å². The first-order valence-corrected chi connectivity index (χ1v) is 7.09. The maximum absolute atomic E-state index is 12.0. The minimum Gasteiger partial charge on any atom is -0.376 e. The minimum absolute atomic E-state index is 0.339. The first kappa shape index (κ1) is 13.9. The molecule has 2 N–H and O–H groups in total. The van der Waals surface area contributed by atoms with E-state index < -0.39 is 5.60 Å². The van der Waals surface area contributed by atoms with Crippen LogP contribution in [0, 0.1) is 0 Å². The Hall–Kier alpha value is -2.08.